The van der Waals surface area contributed by atoms with Crippen LogP contribution in [-0.2, 0) is 13.1 Å². The maximum atomic E-state index is 5.70. The van der Waals surface area contributed by atoms with Crippen LogP contribution in [-0.4, -0.2) is 21.8 Å². The molecule has 0 amide bonds. The fourth-order valence-corrected chi connectivity index (χ4v) is 2.29. The molecule has 16 heavy (non-hydrogen) atoms. The van der Waals surface area contributed by atoms with Crippen molar-refractivity contribution >= 4 is 22.7 Å². The van der Waals surface area contributed by atoms with Crippen molar-refractivity contribution < 1.29 is 0 Å². The number of nitrogens with two attached hydrogens (primary N) is 1. The monoisotopic (exact) mass is 235 g/mol. The van der Waals surface area contributed by atoms with Crippen molar-refractivity contribution in [1.82, 2.24) is 9.78 Å². The second-order valence-corrected chi connectivity index (χ2v) is 4.72. The van der Waals surface area contributed by atoms with Gasteiger partial charge in [-0.1, -0.05) is 18.2 Å². The third-order valence-corrected chi connectivity index (χ3v) is 3.34. The number of thioether (sulfide) groups is 1. The molecular weight excluding hydrogens is 218 g/mol. The molecule has 1 aromatic carbocycles. The molecule has 0 aliphatic carbocycles. The van der Waals surface area contributed by atoms with Crippen LogP contribution in [0.25, 0.3) is 10.9 Å². The van der Waals surface area contributed by atoms with E-state index in [4.69, 9.17) is 5.73 Å². The predicted octanol–water partition coefficient (Wildman–Crippen LogP) is 2.25. The number of rotatable bonds is 5. The van der Waals surface area contributed by atoms with E-state index in [0.29, 0.717) is 6.54 Å². The lowest BCUT2D eigenvalue weighted by atomic mass is 10.2. The van der Waals surface area contributed by atoms with Gasteiger partial charge in [-0.3, -0.25) is 4.68 Å². The van der Waals surface area contributed by atoms with Gasteiger partial charge in [-0.05, 0) is 24.5 Å². The first-order valence-electron chi connectivity index (χ1n) is 5.50. The van der Waals surface area contributed by atoms with Gasteiger partial charge in [-0.2, -0.15) is 16.9 Å². The first kappa shape index (κ1) is 11.5. The van der Waals surface area contributed by atoms with Crippen LogP contribution in [0.1, 0.15) is 12.1 Å². The van der Waals surface area contributed by atoms with Crippen LogP contribution < -0.4 is 5.73 Å². The number of hydrogen-bond acceptors (Lipinski definition) is 3. The molecule has 1 heterocycles. The molecule has 0 aliphatic rings. The Morgan fingerprint density at radius 2 is 2.19 bits per heavy atom. The Morgan fingerprint density at radius 1 is 1.38 bits per heavy atom. The predicted molar refractivity (Wildman–Crippen MR) is 70.6 cm³/mol. The summed E-state index contributed by atoms with van der Waals surface area (Å²) in [5, 5.41) is 5.75. The highest BCUT2D eigenvalue weighted by atomic mass is 32.2. The highest BCUT2D eigenvalue weighted by molar-refractivity contribution is 7.98. The number of aryl methyl sites for hydroxylation is 1. The lowest BCUT2D eigenvalue weighted by molar-refractivity contribution is 0.616. The van der Waals surface area contributed by atoms with Gasteiger partial charge in [-0.15, -0.1) is 0 Å². The van der Waals surface area contributed by atoms with E-state index in [0.717, 1.165) is 18.7 Å². The first-order chi connectivity index (χ1) is 7.86. The van der Waals surface area contributed by atoms with Crippen molar-refractivity contribution in [3.8, 4) is 0 Å². The molecule has 0 bridgehead atoms. The molecule has 0 atom stereocenters. The van der Waals surface area contributed by atoms with Crippen LogP contribution in [0.2, 0.25) is 0 Å². The van der Waals surface area contributed by atoms with E-state index in [2.05, 4.69) is 34.2 Å². The molecule has 2 N–H and O–H groups in total. The van der Waals surface area contributed by atoms with Crippen molar-refractivity contribution in [3.05, 3.63) is 30.0 Å². The topological polar surface area (TPSA) is 43.8 Å². The molecule has 0 unspecified atom stereocenters. The Kier molecular flexibility index (Phi) is 3.85. The number of fused-ring (bicyclic) bond motifs is 1. The van der Waals surface area contributed by atoms with Crippen molar-refractivity contribution in [2.24, 2.45) is 5.73 Å². The van der Waals surface area contributed by atoms with Gasteiger partial charge >= 0.3 is 0 Å². The number of benzene rings is 1. The van der Waals surface area contributed by atoms with Crippen LogP contribution >= 0.6 is 11.8 Å². The van der Waals surface area contributed by atoms with Crippen LogP contribution in [0, 0.1) is 0 Å². The van der Waals surface area contributed by atoms with Crippen LogP contribution in [0.4, 0.5) is 0 Å². The summed E-state index contributed by atoms with van der Waals surface area (Å²) in [5.41, 5.74) is 7.90. The second kappa shape index (κ2) is 5.37. The molecule has 0 saturated carbocycles. The first-order valence-corrected chi connectivity index (χ1v) is 6.89. The standard InChI is InChI=1S/C12H17N3S/c1-16-8-4-7-15-12-6-3-2-5-10(12)11(9-13)14-15/h2-3,5-6H,4,7-9,13H2,1H3. The van der Waals surface area contributed by atoms with Crippen molar-refractivity contribution in [2.75, 3.05) is 12.0 Å². The van der Waals surface area contributed by atoms with Gasteiger partial charge in [-0.25, -0.2) is 0 Å². The largest absolute Gasteiger partial charge is 0.325 e. The van der Waals surface area contributed by atoms with Crippen LogP contribution in [0.3, 0.4) is 0 Å². The molecular formula is C12H17N3S. The lowest BCUT2D eigenvalue weighted by Gasteiger charge is -2.01. The average molecular weight is 235 g/mol. The van der Waals surface area contributed by atoms with E-state index >= 15 is 0 Å². The van der Waals surface area contributed by atoms with Crippen LogP contribution in [0.5, 0.6) is 0 Å². The number of aromatic nitrogens is 2. The Labute approximate surface area is 100 Å². The zero-order valence-electron chi connectivity index (χ0n) is 9.52. The fourth-order valence-electron chi connectivity index (χ4n) is 1.88. The SMILES string of the molecule is CSCCCn1nc(CN)c2ccccc21. The molecule has 1 aromatic heterocycles. The Balaban J connectivity index is 2.30. The second-order valence-electron chi connectivity index (χ2n) is 3.74. The van der Waals surface area contributed by atoms with E-state index in [1.54, 1.807) is 0 Å². The van der Waals surface area contributed by atoms with Crippen molar-refractivity contribution in [3.63, 3.8) is 0 Å². The minimum Gasteiger partial charge on any atom is -0.325 e. The number of hydrogen-bond donors (Lipinski definition) is 1. The third-order valence-electron chi connectivity index (χ3n) is 2.65. The summed E-state index contributed by atoms with van der Waals surface area (Å²) in [6.07, 6.45) is 3.28. The van der Waals surface area contributed by atoms with Gasteiger partial charge in [0.05, 0.1) is 11.2 Å². The fraction of sp³-hybridized carbons (Fsp3) is 0.417. The molecule has 2 aromatic rings. The van der Waals surface area contributed by atoms with Gasteiger partial charge in [0.15, 0.2) is 0 Å². The molecule has 0 aliphatic heterocycles. The zero-order valence-corrected chi connectivity index (χ0v) is 10.3. The molecule has 0 spiro atoms. The van der Waals surface area contributed by atoms with Gasteiger partial charge in [0.1, 0.15) is 0 Å². The van der Waals surface area contributed by atoms with Gasteiger partial charge in [0.25, 0.3) is 0 Å². The molecule has 2 rings (SSSR count). The summed E-state index contributed by atoms with van der Waals surface area (Å²) in [4.78, 5) is 0. The molecule has 4 heteroatoms. The maximum absolute atomic E-state index is 5.70. The van der Waals surface area contributed by atoms with Crippen molar-refractivity contribution in [2.45, 2.75) is 19.5 Å². The highest BCUT2D eigenvalue weighted by Gasteiger charge is 2.07. The summed E-state index contributed by atoms with van der Waals surface area (Å²) < 4.78 is 2.08. The zero-order chi connectivity index (χ0) is 11.4. The summed E-state index contributed by atoms with van der Waals surface area (Å²) >= 11 is 1.87. The third kappa shape index (κ3) is 2.23. The van der Waals surface area contributed by atoms with E-state index in [1.807, 2.05) is 17.8 Å². The summed E-state index contributed by atoms with van der Waals surface area (Å²) in [7, 11) is 0. The molecule has 0 fully saturated rings. The van der Waals surface area contributed by atoms with Gasteiger partial charge in [0.2, 0.25) is 0 Å². The summed E-state index contributed by atoms with van der Waals surface area (Å²) in [5.74, 6) is 1.17. The quantitative estimate of drug-likeness (QED) is 0.808. The number of nitrogens with zero attached hydrogens (tertiary/aromatic N) is 2. The normalized spacial score (nSPS) is 11.1. The van der Waals surface area contributed by atoms with E-state index < -0.39 is 0 Å². The van der Waals surface area contributed by atoms with Crippen molar-refractivity contribution in [1.29, 1.82) is 0 Å². The molecule has 86 valence electrons. The lowest BCUT2D eigenvalue weighted by Crippen LogP contribution is -2.03. The number of para-hydroxylation sites is 1. The Morgan fingerprint density at radius 3 is 2.94 bits per heavy atom. The van der Waals surface area contributed by atoms with Gasteiger partial charge < -0.3 is 5.73 Å². The summed E-state index contributed by atoms with van der Waals surface area (Å²) in [6, 6.07) is 8.29. The smallest absolute Gasteiger partial charge is 0.0838 e. The Hall–Kier alpha value is -1.00. The average Bonchev–Trinajstić information content (AvgIpc) is 2.68. The summed E-state index contributed by atoms with van der Waals surface area (Å²) in [6.45, 7) is 1.48. The molecule has 0 radical (unpaired) electrons. The maximum Gasteiger partial charge on any atom is 0.0838 e. The van der Waals surface area contributed by atoms with Gasteiger partial charge in [0, 0.05) is 18.5 Å². The molecule has 3 nitrogen and oxygen atoms in total. The Bertz CT molecular complexity index is 464. The minimum absolute atomic E-state index is 0.510. The van der Waals surface area contributed by atoms with E-state index in [9.17, 15) is 0 Å². The minimum atomic E-state index is 0.510. The highest BCUT2D eigenvalue weighted by Crippen LogP contribution is 2.18. The van der Waals surface area contributed by atoms with E-state index in [-0.39, 0.29) is 0 Å². The molecule has 0 saturated heterocycles. The van der Waals surface area contributed by atoms with E-state index in [1.165, 1.54) is 16.7 Å². The van der Waals surface area contributed by atoms with Crippen LogP contribution in [0.15, 0.2) is 24.3 Å².